The predicted molar refractivity (Wildman–Crippen MR) is 136 cm³/mol. The van der Waals surface area contributed by atoms with Gasteiger partial charge in [0.2, 0.25) is 0 Å². The standard InChI is InChI=1S/C26H32F2N6O3/c1-17-14-32(25(35)37-26(2,3)4)5-6-33(17)23-22-21(31-7-9-36-10-8-31)15-34(24(22)30-16-29-23)20-12-18(27)11-19(28)13-20/h11-13,15-17H,5-10,14H2,1-4H3/t17-/m0/s1. The number of nitrogens with zero attached hydrogens (tertiary/aromatic N) is 6. The summed E-state index contributed by atoms with van der Waals surface area (Å²) in [4.78, 5) is 27.9. The fraction of sp³-hybridized carbons (Fsp3) is 0.500. The van der Waals surface area contributed by atoms with Crippen molar-refractivity contribution in [1.29, 1.82) is 0 Å². The molecule has 11 heteroatoms. The molecule has 4 heterocycles. The number of halogens is 2. The van der Waals surface area contributed by atoms with Crippen LogP contribution in [0.5, 0.6) is 0 Å². The van der Waals surface area contributed by atoms with Crippen molar-refractivity contribution in [2.75, 3.05) is 55.7 Å². The molecule has 0 saturated carbocycles. The van der Waals surface area contributed by atoms with E-state index in [-0.39, 0.29) is 12.1 Å². The van der Waals surface area contributed by atoms with Crippen LogP contribution < -0.4 is 9.80 Å². The quantitative estimate of drug-likeness (QED) is 0.523. The number of morpholine rings is 1. The first-order chi connectivity index (χ1) is 17.6. The lowest BCUT2D eigenvalue weighted by molar-refractivity contribution is 0.0218. The van der Waals surface area contributed by atoms with E-state index in [1.807, 2.05) is 33.9 Å². The minimum atomic E-state index is -0.661. The Bertz CT molecular complexity index is 1280. The third kappa shape index (κ3) is 5.18. The fourth-order valence-corrected chi connectivity index (χ4v) is 4.93. The molecule has 2 aromatic heterocycles. The van der Waals surface area contributed by atoms with Gasteiger partial charge >= 0.3 is 6.09 Å². The largest absolute Gasteiger partial charge is 0.444 e. The number of aromatic nitrogens is 3. The maximum Gasteiger partial charge on any atom is 0.410 e. The number of carbonyl (C=O) groups excluding carboxylic acids is 1. The molecule has 3 aromatic rings. The van der Waals surface area contributed by atoms with E-state index in [9.17, 15) is 13.6 Å². The molecule has 1 atom stereocenters. The van der Waals surface area contributed by atoms with E-state index in [4.69, 9.17) is 9.47 Å². The van der Waals surface area contributed by atoms with Crippen molar-refractivity contribution in [2.45, 2.75) is 39.3 Å². The Kier molecular flexibility index (Phi) is 6.65. The third-order valence-corrected chi connectivity index (χ3v) is 6.57. The van der Waals surface area contributed by atoms with E-state index < -0.39 is 17.2 Å². The number of piperazine rings is 1. The van der Waals surface area contributed by atoms with Crippen LogP contribution in [0.4, 0.5) is 25.1 Å². The van der Waals surface area contributed by atoms with E-state index >= 15 is 0 Å². The highest BCUT2D eigenvalue weighted by Crippen LogP contribution is 2.38. The summed E-state index contributed by atoms with van der Waals surface area (Å²) in [5.41, 5.74) is 1.20. The van der Waals surface area contributed by atoms with Crippen molar-refractivity contribution in [1.82, 2.24) is 19.4 Å². The van der Waals surface area contributed by atoms with Crippen molar-refractivity contribution in [2.24, 2.45) is 0 Å². The van der Waals surface area contributed by atoms with E-state index in [1.54, 1.807) is 9.47 Å². The summed E-state index contributed by atoms with van der Waals surface area (Å²) < 4.78 is 41.1. The van der Waals surface area contributed by atoms with E-state index in [2.05, 4.69) is 19.8 Å². The molecule has 9 nitrogen and oxygen atoms in total. The minimum absolute atomic E-state index is 0.0492. The van der Waals surface area contributed by atoms with Gasteiger partial charge in [0, 0.05) is 51.0 Å². The molecule has 2 aliphatic heterocycles. The number of benzene rings is 1. The van der Waals surface area contributed by atoms with Crippen molar-refractivity contribution < 1.29 is 23.0 Å². The van der Waals surface area contributed by atoms with E-state index in [0.717, 1.165) is 23.0 Å². The van der Waals surface area contributed by atoms with Gasteiger partial charge in [0.15, 0.2) is 5.65 Å². The maximum atomic E-state index is 14.1. The van der Waals surface area contributed by atoms with Crippen LogP contribution in [0.3, 0.4) is 0 Å². The molecule has 37 heavy (non-hydrogen) atoms. The Balaban J connectivity index is 1.55. The van der Waals surface area contributed by atoms with Crippen molar-refractivity contribution in [3.63, 3.8) is 0 Å². The number of rotatable bonds is 3. The minimum Gasteiger partial charge on any atom is -0.444 e. The van der Waals surface area contributed by atoms with Crippen LogP contribution in [-0.4, -0.2) is 83.1 Å². The third-order valence-electron chi connectivity index (χ3n) is 6.57. The second kappa shape index (κ2) is 9.77. The molecule has 5 rings (SSSR count). The molecule has 0 spiro atoms. The van der Waals surface area contributed by atoms with Gasteiger partial charge in [-0.3, -0.25) is 4.57 Å². The summed E-state index contributed by atoms with van der Waals surface area (Å²) in [6, 6.07) is 3.38. The van der Waals surface area contributed by atoms with Gasteiger partial charge in [-0.2, -0.15) is 0 Å². The number of fused-ring (bicyclic) bond motifs is 1. The molecule has 2 aliphatic rings. The zero-order valence-corrected chi connectivity index (χ0v) is 21.6. The molecule has 0 unspecified atom stereocenters. The van der Waals surface area contributed by atoms with Crippen LogP contribution in [0.1, 0.15) is 27.7 Å². The summed E-state index contributed by atoms with van der Waals surface area (Å²) in [6.45, 7) is 11.6. The number of amides is 1. The zero-order chi connectivity index (χ0) is 26.3. The highest BCUT2D eigenvalue weighted by Gasteiger charge is 2.33. The Morgan fingerprint density at radius 1 is 1.05 bits per heavy atom. The van der Waals surface area contributed by atoms with E-state index in [0.29, 0.717) is 57.3 Å². The first-order valence-electron chi connectivity index (χ1n) is 12.5. The van der Waals surface area contributed by atoms with E-state index in [1.165, 1.54) is 18.5 Å². The van der Waals surface area contributed by atoms with Crippen LogP contribution >= 0.6 is 0 Å². The number of hydrogen-bond acceptors (Lipinski definition) is 7. The second-order valence-electron chi connectivity index (χ2n) is 10.5. The number of carbonyl (C=O) groups is 1. The maximum absolute atomic E-state index is 14.1. The summed E-state index contributed by atoms with van der Waals surface area (Å²) in [5, 5.41) is 0.798. The molecule has 0 aliphatic carbocycles. The van der Waals surface area contributed by atoms with Gasteiger partial charge in [-0.05, 0) is 39.8 Å². The van der Waals surface area contributed by atoms with Gasteiger partial charge in [-0.15, -0.1) is 0 Å². The average Bonchev–Trinajstić information content (AvgIpc) is 3.23. The molecule has 1 aromatic carbocycles. The van der Waals surface area contributed by atoms with Crippen LogP contribution in [0.25, 0.3) is 16.7 Å². The van der Waals surface area contributed by atoms with Gasteiger partial charge in [0.25, 0.3) is 0 Å². The number of hydrogen-bond donors (Lipinski definition) is 0. The topological polar surface area (TPSA) is 76.0 Å². The summed E-state index contributed by atoms with van der Waals surface area (Å²) in [5.74, 6) is -0.602. The fourth-order valence-electron chi connectivity index (χ4n) is 4.93. The molecule has 2 fully saturated rings. The number of anilines is 2. The van der Waals surface area contributed by atoms with Crippen LogP contribution in [-0.2, 0) is 9.47 Å². The summed E-state index contributed by atoms with van der Waals surface area (Å²) in [6.07, 6.45) is 3.00. The van der Waals surface area contributed by atoms with Crippen molar-refractivity contribution in [3.05, 3.63) is 42.4 Å². The second-order valence-corrected chi connectivity index (χ2v) is 10.5. The summed E-state index contributed by atoms with van der Waals surface area (Å²) in [7, 11) is 0. The Morgan fingerprint density at radius 3 is 2.41 bits per heavy atom. The molecular formula is C26H32F2N6O3. The van der Waals surface area contributed by atoms with Gasteiger partial charge < -0.3 is 24.2 Å². The molecule has 0 bridgehead atoms. The van der Waals surface area contributed by atoms with Gasteiger partial charge in [-0.25, -0.2) is 23.5 Å². The monoisotopic (exact) mass is 514 g/mol. The zero-order valence-electron chi connectivity index (χ0n) is 21.6. The number of ether oxygens (including phenoxy) is 2. The predicted octanol–water partition coefficient (Wildman–Crippen LogP) is 3.98. The summed E-state index contributed by atoms with van der Waals surface area (Å²) >= 11 is 0. The molecule has 198 valence electrons. The lowest BCUT2D eigenvalue weighted by Crippen LogP contribution is -2.55. The van der Waals surface area contributed by atoms with Crippen molar-refractivity contribution >= 4 is 28.6 Å². The first kappa shape index (κ1) is 25.2. The SMILES string of the molecule is C[C@H]1CN(C(=O)OC(C)(C)C)CCN1c1ncnc2c1c(N1CCOCC1)cn2-c1cc(F)cc(F)c1. The Labute approximate surface area is 214 Å². The highest BCUT2D eigenvalue weighted by atomic mass is 19.1. The average molecular weight is 515 g/mol. The first-order valence-corrected chi connectivity index (χ1v) is 12.5. The molecule has 1 amide bonds. The van der Waals surface area contributed by atoms with Crippen LogP contribution in [0, 0.1) is 11.6 Å². The van der Waals surface area contributed by atoms with Crippen LogP contribution in [0.2, 0.25) is 0 Å². The lowest BCUT2D eigenvalue weighted by Gasteiger charge is -2.41. The van der Waals surface area contributed by atoms with Crippen LogP contribution in [0.15, 0.2) is 30.7 Å². The van der Waals surface area contributed by atoms with Gasteiger partial charge in [0.05, 0.1) is 30.0 Å². The Morgan fingerprint density at radius 2 is 1.76 bits per heavy atom. The Hall–Kier alpha value is -3.47. The van der Waals surface area contributed by atoms with Gasteiger partial charge in [0.1, 0.15) is 29.4 Å². The molecule has 2 saturated heterocycles. The van der Waals surface area contributed by atoms with Crippen molar-refractivity contribution in [3.8, 4) is 5.69 Å². The normalized spacial score (nSPS) is 19.0. The molecular weight excluding hydrogens is 482 g/mol. The smallest absolute Gasteiger partial charge is 0.410 e. The molecule has 0 radical (unpaired) electrons. The highest BCUT2D eigenvalue weighted by molar-refractivity contribution is 6.01. The van der Waals surface area contributed by atoms with Gasteiger partial charge in [-0.1, -0.05) is 0 Å². The lowest BCUT2D eigenvalue weighted by atomic mass is 10.1. The molecule has 0 N–H and O–H groups in total.